The molecule has 2 amide bonds. The number of nitrogens with zero attached hydrogens (tertiary/aromatic N) is 2. The Morgan fingerprint density at radius 2 is 2.07 bits per heavy atom. The molecule has 3 rings (SSSR count). The molecule has 7 nitrogen and oxygen atoms in total. The van der Waals surface area contributed by atoms with E-state index in [9.17, 15) is 9.59 Å². The first-order valence-corrected chi connectivity index (χ1v) is 9.10. The number of hydrogen-bond donors (Lipinski definition) is 2. The lowest BCUT2D eigenvalue weighted by atomic mass is 10.1. The summed E-state index contributed by atoms with van der Waals surface area (Å²) in [4.78, 5) is 30.5. The Morgan fingerprint density at radius 1 is 1.30 bits per heavy atom. The average Bonchev–Trinajstić information content (AvgIpc) is 2.68. The van der Waals surface area contributed by atoms with Crippen molar-refractivity contribution in [2.45, 2.75) is 26.8 Å². The molecule has 0 unspecified atom stereocenters. The summed E-state index contributed by atoms with van der Waals surface area (Å²) >= 11 is 0. The van der Waals surface area contributed by atoms with Gasteiger partial charge in [0.1, 0.15) is 11.6 Å². The quantitative estimate of drug-likeness (QED) is 0.819. The van der Waals surface area contributed by atoms with Crippen molar-refractivity contribution in [3.8, 4) is 5.75 Å². The van der Waals surface area contributed by atoms with Gasteiger partial charge < -0.3 is 20.3 Å². The van der Waals surface area contributed by atoms with E-state index in [-0.39, 0.29) is 24.5 Å². The lowest BCUT2D eigenvalue weighted by Crippen LogP contribution is -2.28. The number of ether oxygens (including phenoxy) is 1. The van der Waals surface area contributed by atoms with E-state index in [1.54, 1.807) is 18.3 Å². The second-order valence-corrected chi connectivity index (χ2v) is 6.36. The number of nitrogens with one attached hydrogen (secondary N) is 2. The predicted molar refractivity (Wildman–Crippen MR) is 104 cm³/mol. The highest BCUT2D eigenvalue weighted by atomic mass is 16.5. The van der Waals surface area contributed by atoms with Crippen molar-refractivity contribution in [1.29, 1.82) is 0 Å². The SMILES string of the molecule is CCN(CC)c1ccc(C(=O)N[C@H](C)c2ccc3c(c2)NC(=O)CO3)cn1. The van der Waals surface area contributed by atoms with E-state index in [1.807, 2.05) is 25.1 Å². The summed E-state index contributed by atoms with van der Waals surface area (Å²) in [6, 6.07) is 8.90. The summed E-state index contributed by atoms with van der Waals surface area (Å²) in [7, 11) is 0. The first kappa shape index (κ1) is 18.7. The Bertz CT molecular complexity index is 832. The summed E-state index contributed by atoms with van der Waals surface area (Å²) in [5, 5.41) is 5.74. The van der Waals surface area contributed by atoms with Crippen molar-refractivity contribution < 1.29 is 14.3 Å². The zero-order valence-corrected chi connectivity index (χ0v) is 15.8. The Labute approximate surface area is 158 Å². The molecule has 142 valence electrons. The maximum Gasteiger partial charge on any atom is 0.262 e. The van der Waals surface area contributed by atoms with Gasteiger partial charge in [0.2, 0.25) is 0 Å². The minimum absolute atomic E-state index is 0.0229. The molecule has 2 heterocycles. The smallest absolute Gasteiger partial charge is 0.262 e. The molecular weight excluding hydrogens is 344 g/mol. The molecule has 0 aliphatic carbocycles. The third-order valence-corrected chi connectivity index (χ3v) is 4.58. The van der Waals surface area contributed by atoms with Crippen molar-refractivity contribution >= 4 is 23.3 Å². The molecule has 0 bridgehead atoms. The summed E-state index contributed by atoms with van der Waals surface area (Å²) < 4.78 is 5.36. The van der Waals surface area contributed by atoms with Crippen LogP contribution in [0.1, 0.15) is 42.7 Å². The van der Waals surface area contributed by atoms with Gasteiger partial charge in [0.25, 0.3) is 11.8 Å². The molecule has 2 N–H and O–H groups in total. The van der Waals surface area contributed by atoms with Crippen LogP contribution >= 0.6 is 0 Å². The van der Waals surface area contributed by atoms with Crippen molar-refractivity contribution in [2.75, 3.05) is 29.9 Å². The lowest BCUT2D eigenvalue weighted by Gasteiger charge is -2.21. The minimum Gasteiger partial charge on any atom is -0.482 e. The maximum atomic E-state index is 12.5. The predicted octanol–water partition coefficient (Wildman–Crippen LogP) is 2.75. The first-order valence-electron chi connectivity index (χ1n) is 9.10. The highest BCUT2D eigenvalue weighted by Gasteiger charge is 2.18. The summed E-state index contributed by atoms with van der Waals surface area (Å²) in [6.07, 6.45) is 1.59. The second kappa shape index (κ2) is 8.07. The molecule has 7 heteroatoms. The minimum atomic E-state index is -0.232. The van der Waals surface area contributed by atoms with E-state index in [2.05, 4.69) is 34.4 Å². The highest BCUT2D eigenvalue weighted by Crippen LogP contribution is 2.30. The Balaban J connectivity index is 1.69. The van der Waals surface area contributed by atoms with Crippen molar-refractivity contribution in [1.82, 2.24) is 10.3 Å². The second-order valence-electron chi connectivity index (χ2n) is 6.36. The van der Waals surface area contributed by atoms with E-state index in [0.717, 1.165) is 24.5 Å². The average molecular weight is 368 g/mol. The maximum absolute atomic E-state index is 12.5. The molecule has 0 saturated heterocycles. The van der Waals surface area contributed by atoms with Crippen LogP contribution in [0.2, 0.25) is 0 Å². The van der Waals surface area contributed by atoms with E-state index in [4.69, 9.17) is 4.74 Å². The molecule has 0 fully saturated rings. The van der Waals surface area contributed by atoms with Crippen molar-refractivity contribution in [3.05, 3.63) is 47.7 Å². The van der Waals surface area contributed by atoms with Crippen molar-refractivity contribution in [3.63, 3.8) is 0 Å². The topological polar surface area (TPSA) is 83.6 Å². The standard InChI is InChI=1S/C20H24N4O3/c1-4-24(5-2)18-9-7-15(11-21-18)20(26)22-13(3)14-6-8-17-16(10-14)23-19(25)12-27-17/h6-11,13H,4-5,12H2,1-3H3,(H,22,26)(H,23,25)/t13-/m1/s1. The van der Waals surface area contributed by atoms with E-state index in [0.29, 0.717) is 17.0 Å². The number of rotatable bonds is 6. The molecule has 0 spiro atoms. The number of carbonyl (C=O) groups is 2. The van der Waals surface area contributed by atoms with E-state index < -0.39 is 0 Å². The van der Waals surface area contributed by atoms with Crippen LogP contribution in [0.3, 0.4) is 0 Å². The number of carbonyl (C=O) groups excluding carboxylic acids is 2. The molecule has 27 heavy (non-hydrogen) atoms. The van der Waals surface area contributed by atoms with Gasteiger partial charge in [0.15, 0.2) is 6.61 Å². The lowest BCUT2D eigenvalue weighted by molar-refractivity contribution is -0.118. The van der Waals surface area contributed by atoms with Crippen LogP contribution in [-0.2, 0) is 4.79 Å². The highest BCUT2D eigenvalue weighted by molar-refractivity contribution is 5.96. The normalized spacial score (nSPS) is 13.8. The largest absolute Gasteiger partial charge is 0.482 e. The Hall–Kier alpha value is -3.09. The van der Waals surface area contributed by atoms with E-state index in [1.165, 1.54) is 0 Å². The number of anilines is 2. The van der Waals surface area contributed by atoms with Crippen LogP contribution in [0.25, 0.3) is 0 Å². The molecule has 1 aliphatic heterocycles. The van der Waals surface area contributed by atoms with Crippen molar-refractivity contribution in [2.24, 2.45) is 0 Å². The first-order chi connectivity index (χ1) is 13.0. The summed E-state index contributed by atoms with van der Waals surface area (Å²) in [5.74, 6) is 1.11. The fraction of sp³-hybridized carbons (Fsp3) is 0.350. The number of pyridine rings is 1. The van der Waals surface area contributed by atoms with Crippen LogP contribution in [-0.4, -0.2) is 36.5 Å². The monoisotopic (exact) mass is 368 g/mol. The van der Waals surface area contributed by atoms with Gasteiger partial charge in [-0.15, -0.1) is 0 Å². The number of amides is 2. The molecular formula is C20H24N4O3. The van der Waals surface area contributed by atoms with Crippen LogP contribution in [0.4, 0.5) is 11.5 Å². The third kappa shape index (κ3) is 4.19. The van der Waals surface area contributed by atoms with Gasteiger partial charge in [-0.05, 0) is 50.6 Å². The summed E-state index contributed by atoms with van der Waals surface area (Å²) in [6.45, 7) is 7.78. The van der Waals surface area contributed by atoms with Gasteiger partial charge in [-0.3, -0.25) is 9.59 Å². The molecule has 0 saturated carbocycles. The molecule has 1 aliphatic rings. The zero-order valence-electron chi connectivity index (χ0n) is 15.8. The van der Waals surface area contributed by atoms with Crippen LogP contribution in [0.5, 0.6) is 5.75 Å². The number of aromatic nitrogens is 1. The van der Waals surface area contributed by atoms with Gasteiger partial charge in [-0.1, -0.05) is 6.07 Å². The molecule has 1 atom stereocenters. The molecule has 0 radical (unpaired) electrons. The Kier molecular flexibility index (Phi) is 5.59. The molecule has 2 aromatic rings. The number of benzene rings is 1. The van der Waals surface area contributed by atoms with Crippen LogP contribution in [0.15, 0.2) is 36.5 Å². The van der Waals surface area contributed by atoms with E-state index >= 15 is 0 Å². The molecule has 1 aromatic carbocycles. The van der Waals surface area contributed by atoms with Crippen LogP contribution < -0.4 is 20.3 Å². The van der Waals surface area contributed by atoms with Crippen LogP contribution in [0, 0.1) is 0 Å². The van der Waals surface area contributed by atoms with Gasteiger partial charge in [0.05, 0.1) is 17.3 Å². The van der Waals surface area contributed by atoms with Gasteiger partial charge in [-0.2, -0.15) is 0 Å². The third-order valence-electron chi connectivity index (χ3n) is 4.58. The fourth-order valence-electron chi connectivity index (χ4n) is 2.99. The molecule has 1 aromatic heterocycles. The van der Waals surface area contributed by atoms with Gasteiger partial charge in [0, 0.05) is 19.3 Å². The number of fused-ring (bicyclic) bond motifs is 1. The fourth-order valence-corrected chi connectivity index (χ4v) is 2.99. The number of hydrogen-bond acceptors (Lipinski definition) is 5. The zero-order chi connectivity index (χ0) is 19.4. The van der Waals surface area contributed by atoms with Gasteiger partial charge in [-0.25, -0.2) is 4.98 Å². The summed E-state index contributed by atoms with van der Waals surface area (Å²) in [5.41, 5.74) is 2.00. The van der Waals surface area contributed by atoms with Gasteiger partial charge >= 0.3 is 0 Å². The Morgan fingerprint density at radius 3 is 2.74 bits per heavy atom.